The number of furan rings is 1. The molecular weight excluding hydrogens is 228 g/mol. The minimum Gasteiger partial charge on any atom is -0.464 e. The Morgan fingerprint density at radius 2 is 2.11 bits per heavy atom. The summed E-state index contributed by atoms with van der Waals surface area (Å²) in [5.41, 5.74) is 7.69. The molecule has 1 aromatic carbocycles. The molecule has 0 aliphatic rings. The van der Waals surface area contributed by atoms with Crippen molar-refractivity contribution >= 4 is 16.9 Å². The summed E-state index contributed by atoms with van der Waals surface area (Å²) in [4.78, 5) is 11.7. The quantitative estimate of drug-likeness (QED) is 0.864. The van der Waals surface area contributed by atoms with Gasteiger partial charge in [0.05, 0.1) is 12.3 Å². The first-order valence-corrected chi connectivity index (χ1v) is 6.09. The summed E-state index contributed by atoms with van der Waals surface area (Å²) < 4.78 is 5.42. The van der Waals surface area contributed by atoms with E-state index < -0.39 is 6.04 Å². The Kier molecular flexibility index (Phi) is 3.67. The standard InChI is InChI=1S/C14H18N2O2/c1-9(2)16-14(17)12(15)7-10-8-18-13-6-4-3-5-11(10)13/h3-6,8-9,12H,7,15H2,1-2H3,(H,16,17). The monoisotopic (exact) mass is 246 g/mol. The van der Waals surface area contributed by atoms with Crippen LogP contribution in [0.4, 0.5) is 0 Å². The molecule has 1 atom stereocenters. The second-order valence-electron chi connectivity index (χ2n) is 4.73. The predicted molar refractivity (Wildman–Crippen MR) is 71.2 cm³/mol. The molecule has 0 saturated carbocycles. The fourth-order valence-corrected chi connectivity index (χ4v) is 1.91. The number of carbonyl (C=O) groups is 1. The molecule has 1 aromatic heterocycles. The highest BCUT2D eigenvalue weighted by molar-refractivity contribution is 5.85. The van der Waals surface area contributed by atoms with Gasteiger partial charge in [-0.15, -0.1) is 0 Å². The maximum absolute atomic E-state index is 11.7. The number of benzene rings is 1. The lowest BCUT2D eigenvalue weighted by Gasteiger charge is -2.13. The molecule has 4 heteroatoms. The molecule has 18 heavy (non-hydrogen) atoms. The predicted octanol–water partition coefficient (Wildman–Crippen LogP) is 1.83. The maximum Gasteiger partial charge on any atom is 0.237 e. The van der Waals surface area contributed by atoms with Crippen LogP contribution >= 0.6 is 0 Å². The molecule has 1 unspecified atom stereocenters. The van der Waals surface area contributed by atoms with Gasteiger partial charge in [-0.1, -0.05) is 18.2 Å². The molecule has 0 fully saturated rings. The van der Waals surface area contributed by atoms with E-state index in [-0.39, 0.29) is 11.9 Å². The highest BCUT2D eigenvalue weighted by Crippen LogP contribution is 2.21. The van der Waals surface area contributed by atoms with E-state index in [0.717, 1.165) is 16.5 Å². The van der Waals surface area contributed by atoms with Crippen LogP contribution in [0.3, 0.4) is 0 Å². The molecule has 0 saturated heterocycles. The van der Waals surface area contributed by atoms with E-state index in [0.29, 0.717) is 6.42 Å². The van der Waals surface area contributed by atoms with Gasteiger partial charge in [-0.3, -0.25) is 4.79 Å². The fraction of sp³-hybridized carbons (Fsp3) is 0.357. The first-order chi connectivity index (χ1) is 8.58. The number of nitrogens with two attached hydrogens (primary N) is 1. The number of para-hydroxylation sites is 1. The summed E-state index contributed by atoms with van der Waals surface area (Å²) in [5, 5.41) is 3.83. The van der Waals surface area contributed by atoms with Gasteiger partial charge in [0, 0.05) is 23.4 Å². The van der Waals surface area contributed by atoms with Crippen molar-refractivity contribution in [3.63, 3.8) is 0 Å². The SMILES string of the molecule is CC(C)NC(=O)C(N)Cc1coc2ccccc12. The number of carbonyl (C=O) groups excluding carboxylic acids is 1. The van der Waals surface area contributed by atoms with E-state index in [1.807, 2.05) is 38.1 Å². The van der Waals surface area contributed by atoms with Crippen molar-refractivity contribution in [3.05, 3.63) is 36.1 Å². The van der Waals surface area contributed by atoms with Crippen molar-refractivity contribution in [2.24, 2.45) is 5.73 Å². The molecule has 0 aliphatic heterocycles. The van der Waals surface area contributed by atoms with Crippen LogP contribution in [-0.4, -0.2) is 18.0 Å². The first-order valence-electron chi connectivity index (χ1n) is 6.09. The van der Waals surface area contributed by atoms with Gasteiger partial charge in [0.1, 0.15) is 5.58 Å². The van der Waals surface area contributed by atoms with Gasteiger partial charge in [0.2, 0.25) is 5.91 Å². The summed E-state index contributed by atoms with van der Waals surface area (Å²) in [6, 6.07) is 7.29. The summed E-state index contributed by atoms with van der Waals surface area (Å²) in [7, 11) is 0. The zero-order valence-electron chi connectivity index (χ0n) is 10.6. The highest BCUT2D eigenvalue weighted by atomic mass is 16.3. The fourth-order valence-electron chi connectivity index (χ4n) is 1.91. The van der Waals surface area contributed by atoms with Crippen LogP contribution < -0.4 is 11.1 Å². The second kappa shape index (κ2) is 5.23. The molecular formula is C14H18N2O2. The van der Waals surface area contributed by atoms with Gasteiger partial charge in [0.25, 0.3) is 0 Å². The number of amides is 1. The first kappa shape index (κ1) is 12.6. The molecule has 0 spiro atoms. The number of hydrogen-bond acceptors (Lipinski definition) is 3. The second-order valence-corrected chi connectivity index (χ2v) is 4.73. The van der Waals surface area contributed by atoms with Crippen molar-refractivity contribution in [1.29, 1.82) is 0 Å². The van der Waals surface area contributed by atoms with E-state index in [2.05, 4.69) is 5.32 Å². The van der Waals surface area contributed by atoms with Gasteiger partial charge in [0.15, 0.2) is 0 Å². The number of hydrogen-bond donors (Lipinski definition) is 2. The average Bonchev–Trinajstić information content (AvgIpc) is 2.72. The maximum atomic E-state index is 11.7. The van der Waals surface area contributed by atoms with Gasteiger partial charge in [-0.25, -0.2) is 0 Å². The molecule has 2 aromatic rings. The molecule has 0 bridgehead atoms. The van der Waals surface area contributed by atoms with Crippen molar-refractivity contribution in [2.45, 2.75) is 32.4 Å². The largest absolute Gasteiger partial charge is 0.464 e. The molecule has 4 nitrogen and oxygen atoms in total. The van der Waals surface area contributed by atoms with Crippen LogP contribution in [0, 0.1) is 0 Å². The minimum atomic E-state index is -0.548. The lowest BCUT2D eigenvalue weighted by atomic mass is 10.0. The molecule has 1 heterocycles. The Bertz CT molecular complexity index is 545. The number of nitrogens with one attached hydrogen (secondary N) is 1. The molecule has 2 rings (SSSR count). The van der Waals surface area contributed by atoms with Gasteiger partial charge in [-0.2, -0.15) is 0 Å². The summed E-state index contributed by atoms with van der Waals surface area (Å²) in [5.74, 6) is -0.129. The van der Waals surface area contributed by atoms with Gasteiger partial charge >= 0.3 is 0 Å². The van der Waals surface area contributed by atoms with Crippen molar-refractivity contribution in [2.75, 3.05) is 0 Å². The molecule has 96 valence electrons. The highest BCUT2D eigenvalue weighted by Gasteiger charge is 2.17. The Hall–Kier alpha value is -1.81. The van der Waals surface area contributed by atoms with E-state index >= 15 is 0 Å². The lowest BCUT2D eigenvalue weighted by Crippen LogP contribution is -2.44. The average molecular weight is 246 g/mol. The van der Waals surface area contributed by atoms with E-state index in [1.54, 1.807) is 6.26 Å². The third-order valence-corrected chi connectivity index (χ3v) is 2.77. The Morgan fingerprint density at radius 3 is 2.83 bits per heavy atom. The lowest BCUT2D eigenvalue weighted by molar-refractivity contribution is -0.122. The topological polar surface area (TPSA) is 68.3 Å². The van der Waals surface area contributed by atoms with Crippen molar-refractivity contribution in [3.8, 4) is 0 Å². The third-order valence-electron chi connectivity index (χ3n) is 2.77. The normalized spacial score (nSPS) is 12.9. The van der Waals surface area contributed by atoms with Crippen LogP contribution in [0.5, 0.6) is 0 Å². The van der Waals surface area contributed by atoms with Gasteiger partial charge < -0.3 is 15.5 Å². The van der Waals surface area contributed by atoms with Gasteiger partial charge in [-0.05, 0) is 19.9 Å². The zero-order valence-corrected chi connectivity index (χ0v) is 10.6. The number of rotatable bonds is 4. The molecule has 0 aliphatic carbocycles. The number of fused-ring (bicyclic) bond motifs is 1. The van der Waals surface area contributed by atoms with Crippen LogP contribution in [-0.2, 0) is 11.2 Å². The van der Waals surface area contributed by atoms with Crippen molar-refractivity contribution < 1.29 is 9.21 Å². The van der Waals surface area contributed by atoms with Crippen LogP contribution in [0.1, 0.15) is 19.4 Å². The Balaban J connectivity index is 2.11. The van der Waals surface area contributed by atoms with Crippen LogP contribution in [0.2, 0.25) is 0 Å². The minimum absolute atomic E-state index is 0.102. The molecule has 0 radical (unpaired) electrons. The Morgan fingerprint density at radius 1 is 1.39 bits per heavy atom. The third kappa shape index (κ3) is 2.71. The van der Waals surface area contributed by atoms with E-state index in [9.17, 15) is 4.79 Å². The Labute approximate surface area is 106 Å². The van der Waals surface area contributed by atoms with E-state index in [1.165, 1.54) is 0 Å². The zero-order chi connectivity index (χ0) is 13.1. The molecule has 1 amide bonds. The smallest absolute Gasteiger partial charge is 0.237 e. The summed E-state index contributed by atoms with van der Waals surface area (Å²) >= 11 is 0. The molecule has 3 N–H and O–H groups in total. The summed E-state index contributed by atoms with van der Waals surface area (Å²) in [6.45, 7) is 3.83. The van der Waals surface area contributed by atoms with Crippen LogP contribution in [0.25, 0.3) is 11.0 Å². The summed E-state index contributed by atoms with van der Waals surface area (Å²) in [6.07, 6.45) is 2.16. The van der Waals surface area contributed by atoms with Crippen molar-refractivity contribution in [1.82, 2.24) is 5.32 Å². The van der Waals surface area contributed by atoms with E-state index in [4.69, 9.17) is 10.2 Å². The van der Waals surface area contributed by atoms with Crippen LogP contribution in [0.15, 0.2) is 34.9 Å².